The number of esters is 1. The summed E-state index contributed by atoms with van der Waals surface area (Å²) in [6.45, 7) is 7.35. The van der Waals surface area contributed by atoms with E-state index in [-0.39, 0.29) is 11.9 Å². The van der Waals surface area contributed by atoms with Crippen molar-refractivity contribution in [1.29, 1.82) is 0 Å². The Kier molecular flexibility index (Phi) is 8.91. The molecule has 0 aromatic heterocycles. The summed E-state index contributed by atoms with van der Waals surface area (Å²) in [5.41, 5.74) is 2.76. The Bertz CT molecular complexity index is 711. The van der Waals surface area contributed by atoms with E-state index in [2.05, 4.69) is 77.5 Å². The van der Waals surface area contributed by atoms with Gasteiger partial charge in [0.1, 0.15) is 0 Å². The Hall–Kier alpha value is -2.17. The van der Waals surface area contributed by atoms with Crippen LogP contribution in [0.1, 0.15) is 43.2 Å². The highest BCUT2D eigenvalue weighted by atomic mass is 16.5. The fraction of sp³-hybridized carbons (Fsp3) is 0.500. The third-order valence-electron chi connectivity index (χ3n) is 6.13. The maximum atomic E-state index is 12.1. The highest BCUT2D eigenvalue weighted by Gasteiger charge is 2.26. The van der Waals surface area contributed by atoms with Gasteiger partial charge in [-0.15, -0.1) is 0 Å². The zero-order chi connectivity index (χ0) is 21.2. The van der Waals surface area contributed by atoms with E-state index in [1.54, 1.807) is 0 Å². The average molecular weight is 409 g/mol. The first-order chi connectivity index (χ1) is 14.7. The summed E-state index contributed by atoms with van der Waals surface area (Å²) in [5, 5.41) is 0. The second kappa shape index (κ2) is 11.9. The van der Waals surface area contributed by atoms with Crippen LogP contribution in [0.15, 0.2) is 60.7 Å². The van der Waals surface area contributed by atoms with Gasteiger partial charge in [-0.25, -0.2) is 0 Å². The van der Waals surface area contributed by atoms with Gasteiger partial charge in [-0.05, 0) is 57.5 Å². The molecule has 3 rings (SSSR count). The van der Waals surface area contributed by atoms with E-state index in [1.807, 2.05) is 6.92 Å². The van der Waals surface area contributed by atoms with Gasteiger partial charge in [-0.1, -0.05) is 60.7 Å². The van der Waals surface area contributed by atoms with Gasteiger partial charge in [0.05, 0.1) is 12.5 Å². The first-order valence-electron chi connectivity index (χ1n) is 11.3. The van der Waals surface area contributed by atoms with E-state index >= 15 is 0 Å². The number of piperidine rings is 1. The monoisotopic (exact) mass is 408 g/mol. The lowest BCUT2D eigenvalue weighted by atomic mass is 9.88. The summed E-state index contributed by atoms with van der Waals surface area (Å²) in [5.74, 6) is 0.437. The second-order valence-corrected chi connectivity index (χ2v) is 8.36. The molecule has 30 heavy (non-hydrogen) atoms. The van der Waals surface area contributed by atoms with Crippen LogP contribution in [0.2, 0.25) is 0 Å². The van der Waals surface area contributed by atoms with Crippen molar-refractivity contribution >= 4 is 5.97 Å². The predicted molar refractivity (Wildman–Crippen MR) is 123 cm³/mol. The minimum absolute atomic E-state index is 0.0240. The summed E-state index contributed by atoms with van der Waals surface area (Å²) in [4.78, 5) is 16.9. The van der Waals surface area contributed by atoms with Crippen molar-refractivity contribution in [3.8, 4) is 0 Å². The van der Waals surface area contributed by atoms with Gasteiger partial charge in [0, 0.05) is 25.6 Å². The number of hydrogen-bond acceptors (Lipinski definition) is 4. The van der Waals surface area contributed by atoms with E-state index in [9.17, 15) is 4.79 Å². The SMILES string of the molecule is CCOC(=O)[C@@H]1CCCN(CCN(C)CCC(c2ccccc2)c2ccccc2)C1. The maximum Gasteiger partial charge on any atom is 0.310 e. The first kappa shape index (κ1) is 22.5. The Balaban J connectivity index is 1.50. The smallest absolute Gasteiger partial charge is 0.310 e. The van der Waals surface area contributed by atoms with Gasteiger partial charge in [0.15, 0.2) is 0 Å². The van der Waals surface area contributed by atoms with E-state index in [4.69, 9.17) is 4.74 Å². The number of benzene rings is 2. The van der Waals surface area contributed by atoms with Crippen LogP contribution in [0.3, 0.4) is 0 Å². The molecule has 0 saturated carbocycles. The van der Waals surface area contributed by atoms with Crippen LogP contribution in [-0.4, -0.2) is 62.1 Å². The minimum atomic E-state index is -0.0240. The molecule has 1 fully saturated rings. The number of carbonyl (C=O) groups is 1. The van der Waals surface area contributed by atoms with E-state index in [0.717, 1.165) is 52.0 Å². The Morgan fingerprint density at radius 3 is 2.30 bits per heavy atom. The number of carbonyl (C=O) groups excluding carboxylic acids is 1. The lowest BCUT2D eigenvalue weighted by Gasteiger charge is -2.32. The molecule has 0 unspecified atom stereocenters. The molecule has 0 amide bonds. The molecule has 4 nitrogen and oxygen atoms in total. The van der Waals surface area contributed by atoms with Crippen molar-refractivity contribution in [2.24, 2.45) is 5.92 Å². The number of ether oxygens (including phenoxy) is 1. The van der Waals surface area contributed by atoms with Gasteiger partial charge in [0.25, 0.3) is 0 Å². The van der Waals surface area contributed by atoms with Gasteiger partial charge in [-0.3, -0.25) is 4.79 Å². The van der Waals surface area contributed by atoms with Crippen molar-refractivity contribution in [3.63, 3.8) is 0 Å². The largest absolute Gasteiger partial charge is 0.466 e. The molecule has 2 aromatic rings. The van der Waals surface area contributed by atoms with E-state index in [1.165, 1.54) is 11.1 Å². The van der Waals surface area contributed by atoms with Crippen molar-refractivity contribution in [3.05, 3.63) is 71.8 Å². The Labute approximate surface area is 181 Å². The minimum Gasteiger partial charge on any atom is -0.466 e. The third kappa shape index (κ3) is 6.68. The molecular formula is C26H36N2O2. The maximum absolute atomic E-state index is 12.1. The quantitative estimate of drug-likeness (QED) is 0.545. The predicted octanol–water partition coefficient (Wildman–Crippen LogP) is 4.42. The highest BCUT2D eigenvalue weighted by molar-refractivity contribution is 5.72. The molecule has 1 atom stereocenters. The Morgan fingerprint density at radius 1 is 1.07 bits per heavy atom. The molecule has 0 bridgehead atoms. The molecule has 1 saturated heterocycles. The normalized spacial score (nSPS) is 17.4. The molecule has 0 N–H and O–H groups in total. The third-order valence-corrected chi connectivity index (χ3v) is 6.13. The highest BCUT2D eigenvalue weighted by Crippen LogP contribution is 2.28. The van der Waals surface area contributed by atoms with Crippen LogP contribution < -0.4 is 0 Å². The molecule has 2 aromatic carbocycles. The van der Waals surface area contributed by atoms with Crippen LogP contribution in [0.5, 0.6) is 0 Å². The van der Waals surface area contributed by atoms with Crippen LogP contribution in [-0.2, 0) is 9.53 Å². The molecule has 162 valence electrons. The number of nitrogens with zero attached hydrogens (tertiary/aromatic N) is 2. The zero-order valence-corrected chi connectivity index (χ0v) is 18.5. The van der Waals surface area contributed by atoms with Gasteiger partial charge < -0.3 is 14.5 Å². The summed E-state index contributed by atoms with van der Waals surface area (Å²) >= 11 is 0. The van der Waals surface area contributed by atoms with Crippen molar-refractivity contribution < 1.29 is 9.53 Å². The average Bonchev–Trinajstić information content (AvgIpc) is 2.79. The van der Waals surface area contributed by atoms with Gasteiger partial charge in [0.2, 0.25) is 0 Å². The van der Waals surface area contributed by atoms with Gasteiger partial charge in [-0.2, -0.15) is 0 Å². The standard InChI is InChI=1S/C26H36N2O2/c1-3-30-26(29)24-15-10-17-28(21-24)20-19-27(2)18-16-25(22-11-6-4-7-12-22)23-13-8-5-9-14-23/h4-9,11-14,24-25H,3,10,15-21H2,1-2H3/t24-/m1/s1. The van der Waals surface area contributed by atoms with E-state index < -0.39 is 0 Å². The van der Waals surface area contributed by atoms with Crippen LogP contribution in [0.4, 0.5) is 0 Å². The molecule has 1 heterocycles. The molecule has 0 aliphatic carbocycles. The van der Waals surface area contributed by atoms with Crippen LogP contribution in [0.25, 0.3) is 0 Å². The molecule has 0 spiro atoms. The number of rotatable bonds is 10. The molecular weight excluding hydrogens is 372 g/mol. The topological polar surface area (TPSA) is 32.8 Å². The van der Waals surface area contributed by atoms with Crippen molar-refractivity contribution in [1.82, 2.24) is 9.80 Å². The van der Waals surface area contributed by atoms with Crippen molar-refractivity contribution in [2.45, 2.75) is 32.1 Å². The lowest BCUT2D eigenvalue weighted by Crippen LogP contribution is -2.42. The zero-order valence-electron chi connectivity index (χ0n) is 18.5. The molecule has 4 heteroatoms. The second-order valence-electron chi connectivity index (χ2n) is 8.36. The summed E-state index contributed by atoms with van der Waals surface area (Å²) < 4.78 is 5.23. The number of likely N-dealkylation sites (N-methyl/N-ethyl adjacent to an activating group) is 1. The van der Waals surface area contributed by atoms with Crippen LogP contribution in [0, 0.1) is 5.92 Å². The fourth-order valence-corrected chi connectivity index (χ4v) is 4.38. The summed E-state index contributed by atoms with van der Waals surface area (Å²) in [6, 6.07) is 21.6. The van der Waals surface area contributed by atoms with Gasteiger partial charge >= 0.3 is 5.97 Å². The van der Waals surface area contributed by atoms with Crippen LogP contribution >= 0.6 is 0 Å². The van der Waals surface area contributed by atoms with E-state index in [0.29, 0.717) is 12.5 Å². The summed E-state index contributed by atoms with van der Waals surface area (Å²) in [7, 11) is 2.21. The summed E-state index contributed by atoms with van der Waals surface area (Å²) in [6.07, 6.45) is 3.13. The number of hydrogen-bond donors (Lipinski definition) is 0. The number of likely N-dealkylation sites (tertiary alicyclic amines) is 1. The lowest BCUT2D eigenvalue weighted by molar-refractivity contribution is -0.149. The molecule has 1 aliphatic heterocycles. The first-order valence-corrected chi connectivity index (χ1v) is 11.3. The fourth-order valence-electron chi connectivity index (χ4n) is 4.38. The molecule has 1 aliphatic rings. The Morgan fingerprint density at radius 2 is 1.70 bits per heavy atom. The van der Waals surface area contributed by atoms with Crippen molar-refractivity contribution in [2.75, 3.05) is 46.4 Å². The molecule has 0 radical (unpaired) electrons.